The molecule has 0 saturated heterocycles. The Kier molecular flexibility index (Phi) is 4.05. The molecular weight excluding hydrogens is 303 g/mol. The predicted octanol–water partition coefficient (Wildman–Crippen LogP) is 0.802. The number of carbonyl (C=O) groups excluding carboxylic acids is 1. The van der Waals surface area contributed by atoms with Crippen molar-refractivity contribution in [2.75, 3.05) is 0 Å². The van der Waals surface area contributed by atoms with Crippen LogP contribution in [0, 0.1) is 17.7 Å². The first kappa shape index (κ1) is 15.1. The molecule has 120 valence electrons. The van der Waals surface area contributed by atoms with Gasteiger partial charge >= 0.3 is 5.97 Å². The van der Waals surface area contributed by atoms with Crippen LogP contribution in [-0.2, 0) is 22.7 Å². The van der Waals surface area contributed by atoms with E-state index in [0.29, 0.717) is 18.8 Å². The summed E-state index contributed by atoms with van der Waals surface area (Å²) in [4.78, 5) is 26.5. The molecule has 1 aliphatic carbocycles. The highest BCUT2D eigenvalue weighted by molar-refractivity contribution is 5.89. The van der Waals surface area contributed by atoms with Crippen molar-refractivity contribution in [1.29, 1.82) is 0 Å². The van der Waals surface area contributed by atoms with Gasteiger partial charge in [0.05, 0.1) is 24.9 Å². The quantitative estimate of drug-likeness (QED) is 0.821. The molecule has 0 bridgehead atoms. The Labute approximate surface area is 131 Å². The standard InChI is InChI=1S/C15H15FN4O3/c16-10-3-1-2-9(4-10)7-20-8-18-13(19-20)6-17-14(21)11-5-12(11)15(22)23/h1-4,8,11-12H,5-7H2,(H,17,21)(H,22,23)/t11-,12+/m0/s1. The third-order valence-electron chi connectivity index (χ3n) is 3.68. The summed E-state index contributed by atoms with van der Waals surface area (Å²) < 4.78 is 14.7. The first-order valence-electron chi connectivity index (χ1n) is 7.16. The van der Waals surface area contributed by atoms with Gasteiger partial charge in [0, 0.05) is 0 Å². The van der Waals surface area contributed by atoms with E-state index in [1.165, 1.54) is 18.5 Å². The summed E-state index contributed by atoms with van der Waals surface area (Å²) in [5, 5.41) is 15.6. The number of aromatic nitrogens is 3. The third kappa shape index (κ3) is 3.71. The first-order valence-corrected chi connectivity index (χ1v) is 7.16. The zero-order valence-electron chi connectivity index (χ0n) is 12.1. The number of carbonyl (C=O) groups is 2. The molecule has 1 amide bonds. The molecule has 2 N–H and O–H groups in total. The number of nitrogens with zero attached hydrogens (tertiary/aromatic N) is 3. The molecule has 7 nitrogen and oxygen atoms in total. The van der Waals surface area contributed by atoms with Crippen molar-refractivity contribution in [2.24, 2.45) is 11.8 Å². The molecule has 0 radical (unpaired) electrons. The summed E-state index contributed by atoms with van der Waals surface area (Å²) in [5.74, 6) is -2.16. The van der Waals surface area contributed by atoms with Gasteiger partial charge in [0.2, 0.25) is 5.91 Å². The normalized spacial score (nSPS) is 19.3. The second-order valence-electron chi connectivity index (χ2n) is 5.49. The van der Waals surface area contributed by atoms with Crippen LogP contribution < -0.4 is 5.32 Å². The SMILES string of the molecule is O=C(NCc1ncn(Cc2cccc(F)c2)n1)[C@H]1C[C@H]1C(=O)O. The number of hydrogen-bond donors (Lipinski definition) is 2. The van der Waals surface area contributed by atoms with Gasteiger partial charge in [-0.2, -0.15) is 5.10 Å². The van der Waals surface area contributed by atoms with Gasteiger partial charge in [-0.1, -0.05) is 12.1 Å². The van der Waals surface area contributed by atoms with E-state index in [2.05, 4.69) is 15.4 Å². The maximum atomic E-state index is 13.1. The summed E-state index contributed by atoms with van der Waals surface area (Å²) in [6.45, 7) is 0.514. The van der Waals surface area contributed by atoms with Gasteiger partial charge in [-0.25, -0.2) is 14.1 Å². The molecule has 1 saturated carbocycles. The number of rotatable bonds is 6. The molecule has 8 heteroatoms. The predicted molar refractivity (Wildman–Crippen MR) is 76.6 cm³/mol. The molecule has 3 rings (SSSR count). The number of carboxylic acids is 1. The number of halogens is 1. The molecule has 23 heavy (non-hydrogen) atoms. The lowest BCUT2D eigenvalue weighted by atomic mass is 10.2. The average molecular weight is 318 g/mol. The zero-order chi connectivity index (χ0) is 16.4. The Morgan fingerprint density at radius 1 is 1.39 bits per heavy atom. The Bertz CT molecular complexity index is 746. The van der Waals surface area contributed by atoms with Crippen LogP contribution in [0.15, 0.2) is 30.6 Å². The molecular formula is C15H15FN4O3. The van der Waals surface area contributed by atoms with Crippen molar-refractivity contribution in [2.45, 2.75) is 19.5 Å². The van der Waals surface area contributed by atoms with Crippen LogP contribution in [0.5, 0.6) is 0 Å². The molecule has 1 fully saturated rings. The first-order chi connectivity index (χ1) is 11.0. The van der Waals surface area contributed by atoms with E-state index >= 15 is 0 Å². The Morgan fingerprint density at radius 2 is 2.22 bits per heavy atom. The minimum atomic E-state index is -0.942. The topological polar surface area (TPSA) is 97.1 Å². The molecule has 0 unspecified atom stereocenters. The van der Waals surface area contributed by atoms with Gasteiger partial charge < -0.3 is 10.4 Å². The van der Waals surface area contributed by atoms with Crippen LogP contribution in [0.3, 0.4) is 0 Å². The van der Waals surface area contributed by atoms with E-state index in [1.807, 2.05) is 0 Å². The molecule has 2 aromatic rings. The number of carboxylic acid groups (broad SMARTS) is 1. The number of amides is 1. The third-order valence-corrected chi connectivity index (χ3v) is 3.68. The van der Waals surface area contributed by atoms with E-state index < -0.39 is 17.8 Å². The van der Waals surface area contributed by atoms with Crippen LogP contribution in [-0.4, -0.2) is 31.7 Å². The van der Waals surface area contributed by atoms with Crippen LogP contribution in [0.25, 0.3) is 0 Å². The van der Waals surface area contributed by atoms with Crippen molar-refractivity contribution in [3.8, 4) is 0 Å². The monoisotopic (exact) mass is 318 g/mol. The van der Waals surface area contributed by atoms with Crippen molar-refractivity contribution in [3.05, 3.63) is 47.8 Å². The minimum absolute atomic E-state index is 0.137. The van der Waals surface area contributed by atoms with Crippen molar-refractivity contribution in [3.63, 3.8) is 0 Å². The maximum absolute atomic E-state index is 13.1. The fourth-order valence-corrected chi connectivity index (χ4v) is 2.37. The number of benzene rings is 1. The summed E-state index contributed by atoms with van der Waals surface area (Å²) in [7, 11) is 0. The Balaban J connectivity index is 1.52. The van der Waals surface area contributed by atoms with Crippen molar-refractivity contribution >= 4 is 11.9 Å². The van der Waals surface area contributed by atoms with Crippen LogP contribution in [0.2, 0.25) is 0 Å². The Morgan fingerprint density at radius 3 is 2.91 bits per heavy atom. The molecule has 1 aliphatic rings. The number of hydrogen-bond acceptors (Lipinski definition) is 4. The smallest absolute Gasteiger partial charge is 0.307 e. The Hall–Kier alpha value is -2.77. The summed E-state index contributed by atoms with van der Waals surface area (Å²) in [6.07, 6.45) is 1.88. The summed E-state index contributed by atoms with van der Waals surface area (Å²) >= 11 is 0. The minimum Gasteiger partial charge on any atom is -0.481 e. The molecule has 1 heterocycles. The average Bonchev–Trinajstić information content (AvgIpc) is 3.20. The maximum Gasteiger partial charge on any atom is 0.307 e. The molecule has 1 aromatic carbocycles. The van der Waals surface area contributed by atoms with E-state index in [4.69, 9.17) is 5.11 Å². The van der Waals surface area contributed by atoms with Gasteiger partial charge in [0.1, 0.15) is 12.1 Å². The van der Waals surface area contributed by atoms with E-state index in [1.54, 1.807) is 16.8 Å². The fraction of sp³-hybridized carbons (Fsp3) is 0.333. The molecule has 1 aromatic heterocycles. The second-order valence-corrected chi connectivity index (χ2v) is 5.49. The number of aliphatic carboxylic acids is 1. The zero-order valence-corrected chi connectivity index (χ0v) is 12.1. The van der Waals surface area contributed by atoms with Gasteiger partial charge in [0.25, 0.3) is 0 Å². The number of nitrogens with one attached hydrogen (secondary N) is 1. The summed E-state index contributed by atoms with van der Waals surface area (Å²) in [5.41, 5.74) is 0.757. The van der Waals surface area contributed by atoms with Crippen LogP contribution in [0.1, 0.15) is 17.8 Å². The van der Waals surface area contributed by atoms with E-state index in [-0.39, 0.29) is 18.3 Å². The van der Waals surface area contributed by atoms with Crippen LogP contribution >= 0.6 is 0 Å². The van der Waals surface area contributed by atoms with Gasteiger partial charge in [-0.15, -0.1) is 0 Å². The largest absolute Gasteiger partial charge is 0.481 e. The van der Waals surface area contributed by atoms with E-state index in [0.717, 1.165) is 5.56 Å². The molecule has 0 spiro atoms. The van der Waals surface area contributed by atoms with E-state index in [9.17, 15) is 14.0 Å². The van der Waals surface area contributed by atoms with Crippen molar-refractivity contribution in [1.82, 2.24) is 20.1 Å². The lowest BCUT2D eigenvalue weighted by Gasteiger charge is -2.02. The van der Waals surface area contributed by atoms with Gasteiger partial charge in [-0.05, 0) is 24.1 Å². The van der Waals surface area contributed by atoms with Gasteiger partial charge in [0.15, 0.2) is 5.82 Å². The fourth-order valence-electron chi connectivity index (χ4n) is 2.37. The summed E-state index contributed by atoms with van der Waals surface area (Å²) in [6, 6.07) is 6.19. The second kappa shape index (κ2) is 6.15. The lowest BCUT2D eigenvalue weighted by Crippen LogP contribution is -2.26. The highest BCUT2D eigenvalue weighted by atomic mass is 19.1. The lowest BCUT2D eigenvalue weighted by molar-refractivity contribution is -0.140. The van der Waals surface area contributed by atoms with Crippen molar-refractivity contribution < 1.29 is 19.1 Å². The van der Waals surface area contributed by atoms with Gasteiger partial charge in [-0.3, -0.25) is 9.59 Å². The molecule has 0 aliphatic heterocycles. The molecule has 2 atom stereocenters. The highest BCUT2D eigenvalue weighted by Crippen LogP contribution is 2.38. The highest BCUT2D eigenvalue weighted by Gasteiger charge is 2.48. The van der Waals surface area contributed by atoms with Crippen LogP contribution in [0.4, 0.5) is 4.39 Å².